The molecule has 0 radical (unpaired) electrons. The highest BCUT2D eigenvalue weighted by atomic mass is 32.1. The van der Waals surface area contributed by atoms with Gasteiger partial charge >= 0.3 is 5.97 Å². The SMILES string of the molecule is COC(=O)c1ccccc1-n1c(C)cc([C@@H]2[C@H](c3ccccn3)NC(=S)N2c2ccc(Oc3ccc(C)cc3)cc2)c1C. The summed E-state index contributed by atoms with van der Waals surface area (Å²) in [6.45, 7) is 6.17. The van der Waals surface area contributed by atoms with Gasteiger partial charge in [-0.3, -0.25) is 4.98 Å². The van der Waals surface area contributed by atoms with Crippen LogP contribution < -0.4 is 15.0 Å². The summed E-state index contributed by atoms with van der Waals surface area (Å²) < 4.78 is 13.3. The van der Waals surface area contributed by atoms with E-state index in [9.17, 15) is 4.79 Å². The van der Waals surface area contributed by atoms with Crippen LogP contribution >= 0.6 is 12.2 Å². The van der Waals surface area contributed by atoms with Crippen molar-refractivity contribution in [2.45, 2.75) is 32.9 Å². The first kappa shape index (κ1) is 28.2. The van der Waals surface area contributed by atoms with Gasteiger partial charge in [0, 0.05) is 23.3 Å². The number of hydrogen-bond acceptors (Lipinski definition) is 5. The number of aromatic nitrogens is 2. The van der Waals surface area contributed by atoms with Gasteiger partial charge in [-0.05, 0) is 105 Å². The second kappa shape index (κ2) is 11.7. The number of methoxy groups -OCH3 is 1. The predicted molar refractivity (Wildman–Crippen MR) is 172 cm³/mol. The zero-order chi connectivity index (χ0) is 30.1. The molecule has 1 aliphatic heterocycles. The molecule has 1 aliphatic rings. The third kappa shape index (κ3) is 5.37. The van der Waals surface area contributed by atoms with Crippen molar-refractivity contribution in [1.29, 1.82) is 0 Å². The molecule has 1 fully saturated rings. The number of carbonyl (C=O) groups is 1. The van der Waals surface area contributed by atoms with Gasteiger partial charge < -0.3 is 24.3 Å². The number of anilines is 1. The zero-order valence-electron chi connectivity index (χ0n) is 24.4. The smallest absolute Gasteiger partial charge is 0.339 e. The molecule has 43 heavy (non-hydrogen) atoms. The van der Waals surface area contributed by atoms with Crippen LogP contribution in [0.1, 0.15) is 50.7 Å². The van der Waals surface area contributed by atoms with Crippen molar-refractivity contribution >= 4 is 29.0 Å². The normalized spacial score (nSPS) is 16.2. The largest absolute Gasteiger partial charge is 0.465 e. The second-order valence-corrected chi connectivity index (χ2v) is 11.0. The first-order valence-electron chi connectivity index (χ1n) is 14.1. The highest BCUT2D eigenvalue weighted by molar-refractivity contribution is 7.80. The number of nitrogens with one attached hydrogen (secondary N) is 1. The average molecular weight is 589 g/mol. The highest BCUT2D eigenvalue weighted by Crippen LogP contribution is 2.44. The van der Waals surface area contributed by atoms with E-state index in [0.717, 1.165) is 45.5 Å². The Balaban J connectivity index is 1.43. The summed E-state index contributed by atoms with van der Waals surface area (Å²) >= 11 is 5.96. The van der Waals surface area contributed by atoms with E-state index in [-0.39, 0.29) is 18.1 Å². The Kier molecular flexibility index (Phi) is 7.69. The maximum Gasteiger partial charge on any atom is 0.339 e. The Bertz CT molecular complexity index is 1780. The fourth-order valence-electron chi connectivity index (χ4n) is 5.78. The minimum absolute atomic E-state index is 0.206. The molecule has 8 heteroatoms. The number of nitrogens with zero attached hydrogens (tertiary/aromatic N) is 3. The summed E-state index contributed by atoms with van der Waals surface area (Å²) in [5, 5.41) is 4.15. The van der Waals surface area contributed by atoms with E-state index >= 15 is 0 Å². The lowest BCUT2D eigenvalue weighted by atomic mass is 9.96. The highest BCUT2D eigenvalue weighted by Gasteiger charge is 2.42. The lowest BCUT2D eigenvalue weighted by Crippen LogP contribution is -2.29. The van der Waals surface area contributed by atoms with E-state index in [1.54, 1.807) is 12.3 Å². The molecule has 2 atom stereocenters. The van der Waals surface area contributed by atoms with Crippen LogP contribution in [0.4, 0.5) is 5.69 Å². The van der Waals surface area contributed by atoms with Gasteiger partial charge in [-0.15, -0.1) is 0 Å². The molecule has 2 aromatic heterocycles. The molecule has 1 N–H and O–H groups in total. The molecular formula is C35H32N4O3S. The van der Waals surface area contributed by atoms with Crippen molar-refractivity contribution in [3.8, 4) is 17.2 Å². The molecule has 6 rings (SSSR count). The van der Waals surface area contributed by atoms with Gasteiger partial charge in [-0.2, -0.15) is 0 Å². The van der Waals surface area contributed by atoms with Crippen molar-refractivity contribution in [2.24, 2.45) is 0 Å². The van der Waals surface area contributed by atoms with Gasteiger partial charge in [0.2, 0.25) is 0 Å². The van der Waals surface area contributed by atoms with Gasteiger partial charge in [0.15, 0.2) is 5.11 Å². The molecule has 3 heterocycles. The van der Waals surface area contributed by atoms with E-state index in [1.165, 1.54) is 12.7 Å². The van der Waals surface area contributed by atoms with E-state index in [2.05, 4.69) is 34.7 Å². The molecule has 0 amide bonds. The summed E-state index contributed by atoms with van der Waals surface area (Å²) in [5.74, 6) is 1.14. The molecule has 216 valence electrons. The third-order valence-electron chi connectivity index (χ3n) is 7.81. The van der Waals surface area contributed by atoms with Crippen LogP contribution in [0.2, 0.25) is 0 Å². The van der Waals surface area contributed by atoms with Crippen molar-refractivity contribution in [3.63, 3.8) is 0 Å². The van der Waals surface area contributed by atoms with Crippen LogP contribution in [0.5, 0.6) is 11.5 Å². The second-order valence-electron chi connectivity index (χ2n) is 10.6. The lowest BCUT2D eigenvalue weighted by Gasteiger charge is -2.28. The van der Waals surface area contributed by atoms with Crippen molar-refractivity contribution < 1.29 is 14.3 Å². The molecule has 0 saturated carbocycles. The number of aryl methyl sites for hydroxylation is 2. The minimum atomic E-state index is -0.380. The molecule has 0 aliphatic carbocycles. The Labute approximate surface area is 256 Å². The van der Waals surface area contributed by atoms with Gasteiger partial charge in [0.25, 0.3) is 0 Å². The Hall–Kier alpha value is -4.95. The van der Waals surface area contributed by atoms with Crippen LogP contribution in [0.3, 0.4) is 0 Å². The van der Waals surface area contributed by atoms with Crippen LogP contribution in [0.25, 0.3) is 5.69 Å². The summed E-state index contributed by atoms with van der Waals surface area (Å²) in [7, 11) is 1.40. The monoisotopic (exact) mass is 588 g/mol. The quantitative estimate of drug-likeness (QED) is 0.155. The summed E-state index contributed by atoms with van der Waals surface area (Å²) in [4.78, 5) is 19.5. The van der Waals surface area contributed by atoms with E-state index in [4.69, 9.17) is 26.7 Å². The van der Waals surface area contributed by atoms with E-state index in [1.807, 2.05) is 91.9 Å². The number of benzene rings is 3. The first-order chi connectivity index (χ1) is 20.9. The standard InChI is InChI=1S/C35H32N4O3S/c1-22-12-16-26(17-13-22)42-27-18-14-25(15-19-27)39-33(32(37-35(39)43)30-10-7-8-20-36-30)29-21-23(2)38(24(29)3)31-11-6-5-9-28(31)34(40)41-4/h5-21,32-33H,1-4H3,(H,37,43)/t32-,33+/m0/s1. The molecule has 3 aromatic carbocycles. The molecule has 0 spiro atoms. The number of rotatable bonds is 7. The van der Waals surface area contributed by atoms with Crippen LogP contribution in [0, 0.1) is 20.8 Å². The number of pyridine rings is 1. The van der Waals surface area contributed by atoms with Crippen molar-refractivity contribution in [1.82, 2.24) is 14.9 Å². The topological polar surface area (TPSA) is 68.6 Å². The molecular weight excluding hydrogens is 556 g/mol. The maximum absolute atomic E-state index is 12.7. The number of para-hydroxylation sites is 1. The fourth-order valence-corrected chi connectivity index (χ4v) is 6.12. The van der Waals surface area contributed by atoms with Crippen LogP contribution in [-0.4, -0.2) is 27.7 Å². The molecule has 0 bridgehead atoms. The minimum Gasteiger partial charge on any atom is -0.465 e. The molecule has 1 saturated heterocycles. The van der Waals surface area contributed by atoms with E-state index < -0.39 is 0 Å². The zero-order valence-corrected chi connectivity index (χ0v) is 25.3. The Morgan fingerprint density at radius 3 is 2.23 bits per heavy atom. The first-order valence-corrected chi connectivity index (χ1v) is 14.5. The van der Waals surface area contributed by atoms with Crippen LogP contribution in [0.15, 0.2) is 103 Å². The number of carbonyl (C=O) groups excluding carboxylic acids is 1. The van der Waals surface area contributed by atoms with Crippen molar-refractivity contribution in [3.05, 3.63) is 137 Å². The average Bonchev–Trinajstić information content (AvgIpc) is 3.53. The maximum atomic E-state index is 12.7. The van der Waals surface area contributed by atoms with Crippen LogP contribution in [-0.2, 0) is 4.74 Å². The third-order valence-corrected chi connectivity index (χ3v) is 8.12. The van der Waals surface area contributed by atoms with Crippen molar-refractivity contribution in [2.75, 3.05) is 12.0 Å². The molecule has 0 unspecified atom stereocenters. The summed E-state index contributed by atoms with van der Waals surface area (Å²) in [6.07, 6.45) is 1.80. The van der Waals surface area contributed by atoms with Gasteiger partial charge in [-0.25, -0.2) is 4.79 Å². The summed E-state index contributed by atoms with van der Waals surface area (Å²) in [5.41, 5.74) is 7.31. The Morgan fingerprint density at radius 1 is 0.884 bits per heavy atom. The number of esters is 1. The summed E-state index contributed by atoms with van der Waals surface area (Å²) in [6, 6.07) is 31.1. The van der Waals surface area contributed by atoms with Gasteiger partial charge in [0.05, 0.1) is 36.1 Å². The number of thiocarbonyl (C=S) groups is 1. The van der Waals surface area contributed by atoms with E-state index in [0.29, 0.717) is 10.7 Å². The lowest BCUT2D eigenvalue weighted by molar-refractivity contribution is 0.0600. The predicted octanol–water partition coefficient (Wildman–Crippen LogP) is 7.55. The fraction of sp³-hybridized carbons (Fsp3) is 0.171. The Morgan fingerprint density at radius 2 is 1.56 bits per heavy atom. The molecule has 7 nitrogen and oxygen atoms in total. The number of ether oxygens (including phenoxy) is 2. The van der Waals surface area contributed by atoms with Gasteiger partial charge in [0.1, 0.15) is 11.5 Å². The molecule has 5 aromatic rings. The van der Waals surface area contributed by atoms with Gasteiger partial charge in [-0.1, -0.05) is 35.9 Å². The number of hydrogen-bond donors (Lipinski definition) is 1.